The summed E-state index contributed by atoms with van der Waals surface area (Å²) in [5.74, 6) is 1.28. The number of halogens is 1. The standard InChI is InChI=1S/C19H27N5O.HI/c1-4-20-18(21-13-19(2,25)15-11-22-24(3)12-15)23-17-10-16(17)14-8-6-5-7-9-14;/h5-9,11-12,16-17,25H,4,10,13H2,1-3H3,(H2,20,21,23);1H. The van der Waals surface area contributed by atoms with Gasteiger partial charge >= 0.3 is 0 Å². The Morgan fingerprint density at radius 1 is 1.38 bits per heavy atom. The van der Waals surface area contributed by atoms with Crippen LogP contribution in [0.5, 0.6) is 0 Å². The molecule has 1 aliphatic carbocycles. The van der Waals surface area contributed by atoms with Gasteiger partial charge in [0.25, 0.3) is 0 Å². The number of benzene rings is 1. The fraction of sp³-hybridized carbons (Fsp3) is 0.474. The van der Waals surface area contributed by atoms with E-state index in [0.717, 1.165) is 24.5 Å². The summed E-state index contributed by atoms with van der Waals surface area (Å²) in [4.78, 5) is 4.59. The van der Waals surface area contributed by atoms with Gasteiger partial charge in [-0.1, -0.05) is 30.3 Å². The molecule has 0 saturated heterocycles. The van der Waals surface area contributed by atoms with Crippen molar-refractivity contribution in [2.75, 3.05) is 13.1 Å². The van der Waals surface area contributed by atoms with Gasteiger partial charge in [0.05, 0.1) is 12.7 Å². The summed E-state index contributed by atoms with van der Waals surface area (Å²) in [6, 6.07) is 10.9. The van der Waals surface area contributed by atoms with E-state index >= 15 is 0 Å². The molecule has 6 nitrogen and oxygen atoms in total. The molecule has 1 saturated carbocycles. The van der Waals surface area contributed by atoms with Gasteiger partial charge in [-0.25, -0.2) is 4.99 Å². The molecule has 3 unspecified atom stereocenters. The van der Waals surface area contributed by atoms with E-state index in [1.54, 1.807) is 17.8 Å². The number of nitrogens with one attached hydrogen (secondary N) is 2. The number of aryl methyl sites for hydroxylation is 1. The lowest BCUT2D eigenvalue weighted by molar-refractivity contribution is 0.0671. The minimum atomic E-state index is -1.04. The molecule has 1 fully saturated rings. The number of nitrogens with zero attached hydrogens (tertiary/aromatic N) is 3. The van der Waals surface area contributed by atoms with Crippen molar-refractivity contribution < 1.29 is 5.11 Å². The topological polar surface area (TPSA) is 74.5 Å². The van der Waals surface area contributed by atoms with Gasteiger partial charge in [0.1, 0.15) is 5.60 Å². The molecule has 0 amide bonds. The molecule has 1 aromatic carbocycles. The zero-order valence-electron chi connectivity index (χ0n) is 15.5. The maximum atomic E-state index is 10.7. The molecule has 3 N–H and O–H groups in total. The third-order valence-corrected chi connectivity index (χ3v) is 4.56. The summed E-state index contributed by atoms with van der Waals surface area (Å²) < 4.78 is 1.69. The Hall–Kier alpha value is -1.61. The van der Waals surface area contributed by atoms with Crippen LogP contribution in [0, 0.1) is 0 Å². The molecule has 0 bridgehead atoms. The SMILES string of the molecule is CCNC(=NCC(C)(O)c1cnn(C)c1)NC1CC1c1ccccc1.I. The molecule has 1 heterocycles. The first kappa shape index (κ1) is 20.7. The van der Waals surface area contributed by atoms with E-state index in [1.165, 1.54) is 5.56 Å². The normalized spacial score (nSPS) is 21.5. The molecular formula is C19H28IN5O. The van der Waals surface area contributed by atoms with E-state index in [2.05, 4.69) is 45.0 Å². The van der Waals surface area contributed by atoms with Crippen LogP contribution >= 0.6 is 24.0 Å². The Morgan fingerprint density at radius 3 is 2.73 bits per heavy atom. The van der Waals surface area contributed by atoms with Gasteiger partial charge in [-0.3, -0.25) is 4.68 Å². The molecule has 3 rings (SSSR count). The summed E-state index contributed by atoms with van der Waals surface area (Å²) in [5, 5.41) is 21.5. The van der Waals surface area contributed by atoms with Crippen LogP contribution in [0.1, 0.15) is 37.3 Å². The summed E-state index contributed by atoms with van der Waals surface area (Å²) in [6.45, 7) is 4.86. The van der Waals surface area contributed by atoms with Crippen molar-refractivity contribution in [3.8, 4) is 0 Å². The van der Waals surface area contributed by atoms with E-state index in [0.29, 0.717) is 12.0 Å². The van der Waals surface area contributed by atoms with Crippen molar-refractivity contribution in [1.82, 2.24) is 20.4 Å². The first-order chi connectivity index (χ1) is 12.0. The van der Waals surface area contributed by atoms with Crippen LogP contribution in [0.15, 0.2) is 47.7 Å². The number of aliphatic imine (C=N–C) groups is 1. The van der Waals surface area contributed by atoms with Crippen LogP contribution in [-0.4, -0.2) is 40.0 Å². The van der Waals surface area contributed by atoms with Crippen LogP contribution in [0.25, 0.3) is 0 Å². The third-order valence-electron chi connectivity index (χ3n) is 4.56. The Bertz CT molecular complexity index is 729. The van der Waals surface area contributed by atoms with E-state index in [-0.39, 0.29) is 30.5 Å². The first-order valence-corrected chi connectivity index (χ1v) is 8.81. The molecule has 0 aliphatic heterocycles. The van der Waals surface area contributed by atoms with E-state index in [9.17, 15) is 5.11 Å². The highest BCUT2D eigenvalue weighted by Crippen LogP contribution is 2.40. The predicted octanol–water partition coefficient (Wildman–Crippen LogP) is 2.36. The monoisotopic (exact) mass is 469 g/mol. The second-order valence-corrected chi connectivity index (χ2v) is 6.88. The molecular weight excluding hydrogens is 441 g/mol. The predicted molar refractivity (Wildman–Crippen MR) is 115 cm³/mol. The van der Waals surface area contributed by atoms with Gasteiger partial charge in [-0.15, -0.1) is 24.0 Å². The first-order valence-electron chi connectivity index (χ1n) is 8.81. The summed E-state index contributed by atoms with van der Waals surface area (Å²) in [6.07, 6.45) is 4.61. The largest absolute Gasteiger partial charge is 0.383 e. The van der Waals surface area contributed by atoms with Crippen molar-refractivity contribution in [3.05, 3.63) is 53.9 Å². The Morgan fingerprint density at radius 2 is 2.12 bits per heavy atom. The van der Waals surface area contributed by atoms with Gasteiger partial charge in [0.15, 0.2) is 5.96 Å². The molecule has 7 heteroatoms. The molecule has 2 aromatic rings. The van der Waals surface area contributed by atoms with Gasteiger partial charge in [-0.2, -0.15) is 5.10 Å². The highest BCUT2D eigenvalue weighted by atomic mass is 127. The molecule has 142 valence electrons. The van der Waals surface area contributed by atoms with Crippen LogP contribution < -0.4 is 10.6 Å². The quantitative estimate of drug-likeness (QED) is 0.345. The van der Waals surface area contributed by atoms with E-state index in [4.69, 9.17) is 0 Å². The maximum Gasteiger partial charge on any atom is 0.191 e. The molecule has 1 aromatic heterocycles. The molecule has 3 atom stereocenters. The van der Waals surface area contributed by atoms with Crippen LogP contribution in [0.4, 0.5) is 0 Å². The highest BCUT2D eigenvalue weighted by Gasteiger charge is 2.39. The molecule has 0 radical (unpaired) electrons. The minimum absolute atomic E-state index is 0. The number of hydrogen-bond donors (Lipinski definition) is 3. The summed E-state index contributed by atoms with van der Waals surface area (Å²) >= 11 is 0. The lowest BCUT2D eigenvalue weighted by Gasteiger charge is -2.20. The Balaban J connectivity index is 0.00000243. The van der Waals surface area contributed by atoms with Gasteiger partial charge in [-0.05, 0) is 25.8 Å². The Kier molecular flexibility index (Phi) is 7.05. The number of rotatable bonds is 6. The second-order valence-electron chi connectivity index (χ2n) is 6.88. The van der Waals surface area contributed by atoms with E-state index in [1.807, 2.05) is 26.2 Å². The minimum Gasteiger partial charge on any atom is -0.383 e. The van der Waals surface area contributed by atoms with Crippen molar-refractivity contribution in [2.45, 2.75) is 37.8 Å². The zero-order valence-corrected chi connectivity index (χ0v) is 17.8. The molecule has 26 heavy (non-hydrogen) atoms. The fourth-order valence-electron chi connectivity index (χ4n) is 2.94. The lowest BCUT2D eigenvalue weighted by Crippen LogP contribution is -2.40. The summed E-state index contributed by atoms with van der Waals surface area (Å²) in [7, 11) is 1.84. The Labute approximate surface area is 172 Å². The van der Waals surface area contributed by atoms with Crippen molar-refractivity contribution in [3.63, 3.8) is 0 Å². The average Bonchev–Trinajstić information content (AvgIpc) is 3.22. The number of aliphatic hydroxyl groups is 1. The second kappa shape index (κ2) is 8.85. The lowest BCUT2D eigenvalue weighted by atomic mass is 10.0. The fourth-order valence-corrected chi connectivity index (χ4v) is 2.94. The van der Waals surface area contributed by atoms with Crippen molar-refractivity contribution in [1.29, 1.82) is 0 Å². The van der Waals surface area contributed by atoms with E-state index < -0.39 is 5.60 Å². The molecule has 1 aliphatic rings. The average molecular weight is 469 g/mol. The highest BCUT2D eigenvalue weighted by molar-refractivity contribution is 14.0. The van der Waals surface area contributed by atoms with Crippen LogP contribution in [-0.2, 0) is 12.6 Å². The number of hydrogen-bond acceptors (Lipinski definition) is 3. The van der Waals surface area contributed by atoms with Gasteiger partial charge < -0.3 is 15.7 Å². The molecule has 0 spiro atoms. The van der Waals surface area contributed by atoms with Crippen LogP contribution in [0.3, 0.4) is 0 Å². The van der Waals surface area contributed by atoms with Crippen LogP contribution in [0.2, 0.25) is 0 Å². The summed E-state index contributed by atoms with van der Waals surface area (Å²) in [5.41, 5.74) is 1.08. The smallest absolute Gasteiger partial charge is 0.191 e. The third kappa shape index (κ3) is 5.20. The van der Waals surface area contributed by atoms with Crippen molar-refractivity contribution in [2.24, 2.45) is 12.0 Å². The van der Waals surface area contributed by atoms with Gasteiger partial charge in [0.2, 0.25) is 0 Å². The van der Waals surface area contributed by atoms with Gasteiger partial charge in [0, 0.05) is 37.3 Å². The zero-order chi connectivity index (χ0) is 17.9. The number of aromatic nitrogens is 2. The van der Waals surface area contributed by atoms with Crippen molar-refractivity contribution >= 4 is 29.9 Å². The number of guanidine groups is 1. The maximum absolute atomic E-state index is 10.7.